The highest BCUT2D eigenvalue weighted by Gasteiger charge is 2.13. The molecule has 0 spiro atoms. The molecule has 0 aliphatic rings. The lowest BCUT2D eigenvalue weighted by atomic mass is 10.1. The number of nitrogens with zero attached hydrogens (tertiary/aromatic N) is 2. The molecule has 2 rings (SSSR count). The summed E-state index contributed by atoms with van der Waals surface area (Å²) in [5.41, 5.74) is 1.73. The van der Waals surface area contributed by atoms with Gasteiger partial charge in [0.15, 0.2) is 0 Å². The van der Waals surface area contributed by atoms with Crippen LogP contribution in [0.3, 0.4) is 0 Å². The average molecular weight is 299 g/mol. The van der Waals surface area contributed by atoms with Crippen molar-refractivity contribution in [3.05, 3.63) is 45.9 Å². The number of aryl methyl sites for hydroxylation is 1. The molecule has 0 unspecified atom stereocenters. The van der Waals surface area contributed by atoms with Crippen LogP contribution in [0, 0.1) is 12.7 Å². The minimum atomic E-state index is -0.747. The van der Waals surface area contributed by atoms with Gasteiger partial charge >= 0.3 is 0 Å². The molecule has 0 radical (unpaired) electrons. The lowest BCUT2D eigenvalue weighted by molar-refractivity contribution is 0.198. The van der Waals surface area contributed by atoms with Crippen molar-refractivity contribution in [1.29, 1.82) is 0 Å². The second-order valence-electron chi connectivity index (χ2n) is 3.94. The summed E-state index contributed by atoms with van der Waals surface area (Å²) in [6.07, 6.45) is 2.66. The van der Waals surface area contributed by atoms with Gasteiger partial charge < -0.3 is 5.11 Å². The molecular weight excluding hydrogens is 287 g/mol. The van der Waals surface area contributed by atoms with Crippen LogP contribution in [-0.4, -0.2) is 14.9 Å². The first-order valence-corrected chi connectivity index (χ1v) is 5.97. The number of aromatic nitrogens is 2. The van der Waals surface area contributed by atoms with Crippen LogP contribution >= 0.6 is 15.9 Å². The third-order valence-corrected chi connectivity index (χ3v) is 2.97. The number of benzene rings is 1. The molecule has 5 heteroatoms. The monoisotopic (exact) mass is 298 g/mol. The van der Waals surface area contributed by atoms with Crippen molar-refractivity contribution in [1.82, 2.24) is 9.78 Å². The van der Waals surface area contributed by atoms with E-state index in [1.165, 1.54) is 6.07 Å². The van der Waals surface area contributed by atoms with E-state index in [-0.39, 0.29) is 5.82 Å². The van der Waals surface area contributed by atoms with Crippen molar-refractivity contribution in [2.24, 2.45) is 0 Å². The predicted molar refractivity (Wildman–Crippen MR) is 66.6 cm³/mol. The summed E-state index contributed by atoms with van der Waals surface area (Å²) in [7, 11) is 0. The highest BCUT2D eigenvalue weighted by Crippen LogP contribution is 2.25. The SMILES string of the molecule is Cc1cc(-n2cc(Br)cn2)c([C@@H](C)O)cc1F. The van der Waals surface area contributed by atoms with E-state index in [2.05, 4.69) is 21.0 Å². The molecule has 3 nitrogen and oxygen atoms in total. The Bertz CT molecular complexity index is 551. The van der Waals surface area contributed by atoms with Gasteiger partial charge in [-0.15, -0.1) is 0 Å². The Morgan fingerprint density at radius 1 is 1.47 bits per heavy atom. The minimum Gasteiger partial charge on any atom is -0.389 e. The molecule has 17 heavy (non-hydrogen) atoms. The van der Waals surface area contributed by atoms with Gasteiger partial charge in [-0.3, -0.25) is 0 Å². The molecular formula is C12H12BrFN2O. The number of hydrogen-bond acceptors (Lipinski definition) is 2. The summed E-state index contributed by atoms with van der Waals surface area (Å²) in [6.45, 7) is 3.29. The fraction of sp³-hybridized carbons (Fsp3) is 0.250. The van der Waals surface area contributed by atoms with Crippen LogP contribution in [0.25, 0.3) is 5.69 Å². The molecule has 1 aromatic carbocycles. The minimum absolute atomic E-state index is 0.323. The first-order valence-electron chi connectivity index (χ1n) is 5.17. The predicted octanol–water partition coefficient (Wildman–Crippen LogP) is 3.14. The van der Waals surface area contributed by atoms with Gasteiger partial charge in [-0.05, 0) is 47.5 Å². The Balaban J connectivity index is 2.63. The Kier molecular flexibility index (Phi) is 3.31. The van der Waals surface area contributed by atoms with Crippen molar-refractivity contribution in [2.75, 3.05) is 0 Å². The highest BCUT2D eigenvalue weighted by atomic mass is 79.9. The summed E-state index contributed by atoms with van der Waals surface area (Å²) >= 11 is 3.30. The maximum atomic E-state index is 13.5. The molecule has 2 aromatic rings. The quantitative estimate of drug-likeness (QED) is 0.925. The first-order chi connectivity index (χ1) is 7.99. The topological polar surface area (TPSA) is 38.0 Å². The average Bonchev–Trinajstić information content (AvgIpc) is 2.68. The van der Waals surface area contributed by atoms with Crippen LogP contribution in [0.1, 0.15) is 24.2 Å². The normalized spacial score (nSPS) is 12.8. The fourth-order valence-corrected chi connectivity index (χ4v) is 1.93. The molecule has 1 N–H and O–H groups in total. The lowest BCUT2D eigenvalue weighted by Crippen LogP contribution is -2.05. The van der Waals surface area contributed by atoms with Gasteiger partial charge in [0.2, 0.25) is 0 Å². The van der Waals surface area contributed by atoms with Gasteiger partial charge in [0.05, 0.1) is 22.5 Å². The molecule has 0 fully saturated rings. The summed E-state index contributed by atoms with van der Waals surface area (Å²) in [5.74, 6) is -0.323. The zero-order chi connectivity index (χ0) is 12.6. The van der Waals surface area contributed by atoms with E-state index in [9.17, 15) is 9.50 Å². The van der Waals surface area contributed by atoms with Gasteiger partial charge in [0, 0.05) is 11.8 Å². The van der Waals surface area contributed by atoms with Gasteiger partial charge in [-0.1, -0.05) is 0 Å². The number of hydrogen-bond donors (Lipinski definition) is 1. The van der Waals surface area contributed by atoms with Crippen LogP contribution in [0.15, 0.2) is 29.0 Å². The number of aliphatic hydroxyl groups excluding tert-OH is 1. The van der Waals surface area contributed by atoms with Gasteiger partial charge in [-0.25, -0.2) is 9.07 Å². The highest BCUT2D eigenvalue weighted by molar-refractivity contribution is 9.10. The molecule has 1 heterocycles. The van der Waals surface area contributed by atoms with E-state index in [1.54, 1.807) is 37.0 Å². The second-order valence-corrected chi connectivity index (χ2v) is 4.85. The first kappa shape index (κ1) is 12.3. The van der Waals surface area contributed by atoms with Crippen molar-refractivity contribution < 1.29 is 9.50 Å². The van der Waals surface area contributed by atoms with E-state index in [0.29, 0.717) is 16.8 Å². The zero-order valence-electron chi connectivity index (χ0n) is 9.48. The van der Waals surface area contributed by atoms with Gasteiger partial charge in [0.1, 0.15) is 5.82 Å². The lowest BCUT2D eigenvalue weighted by Gasteiger charge is -2.13. The third kappa shape index (κ3) is 2.40. The Hall–Kier alpha value is -1.20. The fourth-order valence-electron chi connectivity index (χ4n) is 1.65. The van der Waals surface area contributed by atoms with Crippen LogP contribution < -0.4 is 0 Å². The van der Waals surface area contributed by atoms with E-state index in [1.807, 2.05) is 0 Å². The largest absolute Gasteiger partial charge is 0.389 e. The number of rotatable bonds is 2. The Morgan fingerprint density at radius 2 is 2.18 bits per heavy atom. The third-order valence-electron chi connectivity index (χ3n) is 2.56. The number of aliphatic hydroxyl groups is 1. The molecule has 0 bridgehead atoms. The van der Waals surface area contributed by atoms with Gasteiger partial charge in [-0.2, -0.15) is 5.10 Å². The Labute approximate surface area is 107 Å². The van der Waals surface area contributed by atoms with E-state index < -0.39 is 6.10 Å². The van der Waals surface area contributed by atoms with Crippen molar-refractivity contribution >= 4 is 15.9 Å². The van der Waals surface area contributed by atoms with Gasteiger partial charge in [0.25, 0.3) is 0 Å². The summed E-state index contributed by atoms with van der Waals surface area (Å²) in [5, 5.41) is 13.8. The molecule has 0 saturated carbocycles. The van der Waals surface area contributed by atoms with Crippen molar-refractivity contribution in [2.45, 2.75) is 20.0 Å². The van der Waals surface area contributed by atoms with E-state index >= 15 is 0 Å². The molecule has 90 valence electrons. The van der Waals surface area contributed by atoms with E-state index in [4.69, 9.17) is 0 Å². The maximum absolute atomic E-state index is 13.5. The molecule has 0 amide bonds. The number of halogens is 2. The molecule has 0 aliphatic carbocycles. The summed E-state index contributed by atoms with van der Waals surface area (Å²) < 4.78 is 15.9. The Morgan fingerprint density at radius 3 is 2.71 bits per heavy atom. The maximum Gasteiger partial charge on any atom is 0.126 e. The summed E-state index contributed by atoms with van der Waals surface area (Å²) in [6, 6.07) is 3.03. The van der Waals surface area contributed by atoms with Crippen molar-refractivity contribution in [3.63, 3.8) is 0 Å². The van der Waals surface area contributed by atoms with Crippen LogP contribution in [0.5, 0.6) is 0 Å². The van der Waals surface area contributed by atoms with Crippen molar-refractivity contribution in [3.8, 4) is 5.69 Å². The zero-order valence-corrected chi connectivity index (χ0v) is 11.1. The van der Waals surface area contributed by atoms with E-state index in [0.717, 1.165) is 4.47 Å². The smallest absolute Gasteiger partial charge is 0.126 e. The standard InChI is InChI=1S/C12H12BrFN2O/c1-7-3-12(16-6-9(13)5-15-16)10(8(2)17)4-11(7)14/h3-6,8,17H,1-2H3/t8-/m1/s1. The molecule has 0 aliphatic heterocycles. The molecule has 0 saturated heterocycles. The van der Waals surface area contributed by atoms with Crippen LogP contribution in [-0.2, 0) is 0 Å². The molecule has 1 atom stereocenters. The van der Waals surface area contributed by atoms with Crippen LogP contribution in [0.4, 0.5) is 4.39 Å². The van der Waals surface area contributed by atoms with Crippen LogP contribution in [0.2, 0.25) is 0 Å². The summed E-state index contributed by atoms with van der Waals surface area (Å²) in [4.78, 5) is 0. The second kappa shape index (κ2) is 4.58. The molecule has 1 aromatic heterocycles.